The highest BCUT2D eigenvalue weighted by Crippen LogP contribution is 2.35. The Labute approximate surface area is 148 Å². The van der Waals surface area contributed by atoms with Crippen molar-refractivity contribution in [1.29, 1.82) is 0 Å². The first-order chi connectivity index (χ1) is 12.3. The zero-order chi connectivity index (χ0) is 17.1. The van der Waals surface area contributed by atoms with E-state index in [-0.39, 0.29) is 23.8 Å². The van der Waals surface area contributed by atoms with Gasteiger partial charge in [-0.05, 0) is 25.7 Å². The maximum absolute atomic E-state index is 12.8. The van der Waals surface area contributed by atoms with Gasteiger partial charge in [-0.2, -0.15) is 0 Å². The van der Waals surface area contributed by atoms with E-state index in [1.165, 1.54) is 0 Å². The van der Waals surface area contributed by atoms with E-state index in [4.69, 9.17) is 9.47 Å². The molecule has 0 aliphatic carbocycles. The number of hydrogen-bond acceptors (Lipinski definition) is 6. The molecule has 1 N–H and O–H groups in total. The summed E-state index contributed by atoms with van der Waals surface area (Å²) in [6, 6.07) is 0.584. The molecule has 7 nitrogen and oxygen atoms in total. The average molecular weight is 346 g/mol. The predicted octanol–water partition coefficient (Wildman–Crippen LogP) is 1.32. The largest absolute Gasteiger partial charge is 0.381 e. The van der Waals surface area contributed by atoms with Crippen LogP contribution in [0.5, 0.6) is 0 Å². The first-order valence-electron chi connectivity index (χ1n) is 9.31. The molecule has 0 spiro atoms. The van der Waals surface area contributed by atoms with Gasteiger partial charge in [-0.15, -0.1) is 0 Å². The van der Waals surface area contributed by atoms with Crippen LogP contribution in [0.4, 0.5) is 5.82 Å². The molecule has 1 aromatic heterocycles. The van der Waals surface area contributed by atoms with Gasteiger partial charge in [0.1, 0.15) is 0 Å². The molecule has 4 heterocycles. The van der Waals surface area contributed by atoms with E-state index in [1.54, 1.807) is 18.6 Å². The molecule has 3 fully saturated rings. The first-order valence-corrected chi connectivity index (χ1v) is 9.31. The van der Waals surface area contributed by atoms with Crippen molar-refractivity contribution in [2.24, 2.45) is 11.8 Å². The fourth-order valence-electron chi connectivity index (χ4n) is 4.43. The van der Waals surface area contributed by atoms with Crippen molar-refractivity contribution in [2.75, 3.05) is 38.2 Å². The predicted molar refractivity (Wildman–Crippen MR) is 92.0 cm³/mol. The van der Waals surface area contributed by atoms with Crippen molar-refractivity contribution < 1.29 is 14.3 Å². The Morgan fingerprint density at radius 2 is 2.04 bits per heavy atom. The maximum Gasteiger partial charge on any atom is 0.229 e. The molecule has 25 heavy (non-hydrogen) atoms. The van der Waals surface area contributed by atoms with E-state index in [2.05, 4.69) is 20.2 Å². The lowest BCUT2D eigenvalue weighted by molar-refractivity contribution is -0.139. The molecule has 0 aromatic carbocycles. The minimum Gasteiger partial charge on any atom is -0.381 e. The second kappa shape index (κ2) is 7.76. The van der Waals surface area contributed by atoms with Gasteiger partial charge < -0.3 is 14.8 Å². The van der Waals surface area contributed by atoms with Gasteiger partial charge in [0.05, 0.1) is 12.3 Å². The summed E-state index contributed by atoms with van der Waals surface area (Å²) in [6.07, 6.45) is 8.95. The monoisotopic (exact) mass is 346 g/mol. The van der Waals surface area contributed by atoms with Crippen LogP contribution in [0.1, 0.15) is 25.7 Å². The SMILES string of the molecule is O=C(Nc1cnccn1)[C@@H]1CCO[C@@H]2CCN(C3CCOCC3)C[C@H]21. The van der Waals surface area contributed by atoms with Gasteiger partial charge in [-0.3, -0.25) is 14.7 Å². The van der Waals surface area contributed by atoms with Gasteiger partial charge in [0.25, 0.3) is 0 Å². The molecule has 1 amide bonds. The number of likely N-dealkylation sites (tertiary alicyclic amines) is 1. The van der Waals surface area contributed by atoms with Crippen molar-refractivity contribution in [3.63, 3.8) is 0 Å². The third-order valence-electron chi connectivity index (χ3n) is 5.76. The number of amides is 1. The van der Waals surface area contributed by atoms with Crippen LogP contribution in [-0.4, -0.2) is 65.8 Å². The molecule has 0 radical (unpaired) electrons. The van der Waals surface area contributed by atoms with Crippen molar-refractivity contribution in [3.05, 3.63) is 18.6 Å². The summed E-state index contributed by atoms with van der Waals surface area (Å²) in [7, 11) is 0. The fourth-order valence-corrected chi connectivity index (χ4v) is 4.43. The molecule has 0 saturated carbocycles. The number of ether oxygens (including phenoxy) is 2. The molecule has 3 saturated heterocycles. The number of piperidine rings is 1. The Kier molecular flexibility index (Phi) is 5.24. The highest BCUT2D eigenvalue weighted by atomic mass is 16.5. The fraction of sp³-hybridized carbons (Fsp3) is 0.722. The lowest BCUT2D eigenvalue weighted by Gasteiger charge is -2.47. The van der Waals surface area contributed by atoms with Crippen molar-refractivity contribution in [2.45, 2.75) is 37.8 Å². The van der Waals surface area contributed by atoms with Gasteiger partial charge in [0, 0.05) is 63.2 Å². The highest BCUT2D eigenvalue weighted by molar-refractivity contribution is 5.91. The molecule has 4 rings (SSSR count). The summed E-state index contributed by atoms with van der Waals surface area (Å²) in [6.45, 7) is 4.36. The number of rotatable bonds is 3. The third-order valence-corrected chi connectivity index (χ3v) is 5.76. The molecule has 7 heteroatoms. The number of carbonyl (C=O) groups excluding carboxylic acids is 1. The zero-order valence-corrected chi connectivity index (χ0v) is 14.5. The van der Waals surface area contributed by atoms with Gasteiger partial charge in [0.15, 0.2) is 5.82 Å². The Morgan fingerprint density at radius 1 is 1.16 bits per heavy atom. The van der Waals surface area contributed by atoms with Crippen molar-refractivity contribution in [1.82, 2.24) is 14.9 Å². The van der Waals surface area contributed by atoms with E-state index in [0.29, 0.717) is 18.5 Å². The number of nitrogens with one attached hydrogen (secondary N) is 1. The number of carbonyl (C=O) groups is 1. The lowest BCUT2D eigenvalue weighted by Crippen LogP contribution is -2.55. The Bertz CT molecular complexity index is 579. The number of anilines is 1. The van der Waals surface area contributed by atoms with Gasteiger partial charge in [-0.25, -0.2) is 4.98 Å². The molecule has 3 aliphatic rings. The number of hydrogen-bond donors (Lipinski definition) is 1. The van der Waals surface area contributed by atoms with E-state index in [9.17, 15) is 4.79 Å². The van der Waals surface area contributed by atoms with Crippen LogP contribution in [0, 0.1) is 11.8 Å². The molecule has 1 aromatic rings. The summed E-state index contributed by atoms with van der Waals surface area (Å²) >= 11 is 0. The number of fused-ring (bicyclic) bond motifs is 1. The zero-order valence-electron chi connectivity index (χ0n) is 14.5. The third kappa shape index (κ3) is 3.83. The van der Waals surface area contributed by atoms with Crippen LogP contribution in [0.25, 0.3) is 0 Å². The Balaban J connectivity index is 1.43. The molecule has 3 aliphatic heterocycles. The normalized spacial score (nSPS) is 31.3. The van der Waals surface area contributed by atoms with Crippen LogP contribution < -0.4 is 5.32 Å². The summed E-state index contributed by atoms with van der Waals surface area (Å²) in [5, 5.41) is 2.93. The summed E-state index contributed by atoms with van der Waals surface area (Å²) in [5.41, 5.74) is 0. The Morgan fingerprint density at radius 3 is 2.84 bits per heavy atom. The van der Waals surface area contributed by atoms with Gasteiger partial charge in [0.2, 0.25) is 5.91 Å². The van der Waals surface area contributed by atoms with Gasteiger partial charge in [-0.1, -0.05) is 0 Å². The smallest absolute Gasteiger partial charge is 0.229 e. The first kappa shape index (κ1) is 16.9. The topological polar surface area (TPSA) is 76.6 Å². The molecule has 0 bridgehead atoms. The molecule has 136 valence electrons. The minimum absolute atomic E-state index is 0.0246. The average Bonchev–Trinajstić information content (AvgIpc) is 2.68. The minimum atomic E-state index is -0.0246. The Hall–Kier alpha value is -1.57. The quantitative estimate of drug-likeness (QED) is 0.890. The van der Waals surface area contributed by atoms with Gasteiger partial charge >= 0.3 is 0 Å². The number of aromatic nitrogens is 2. The molecule has 0 unspecified atom stereocenters. The van der Waals surface area contributed by atoms with Crippen LogP contribution in [0.3, 0.4) is 0 Å². The molecule has 3 atom stereocenters. The van der Waals surface area contributed by atoms with E-state index < -0.39 is 0 Å². The van der Waals surface area contributed by atoms with E-state index in [1.807, 2.05) is 0 Å². The standard InChI is InChI=1S/C18H26N4O3/c23-18(21-17-11-19-5-6-20-17)14-4-10-25-16-1-7-22(12-15(14)16)13-2-8-24-9-3-13/h5-6,11,13-16H,1-4,7-10,12H2,(H,20,21,23)/t14-,15+,16-/m1/s1. The van der Waals surface area contributed by atoms with Crippen molar-refractivity contribution >= 4 is 11.7 Å². The van der Waals surface area contributed by atoms with Crippen LogP contribution in [0.2, 0.25) is 0 Å². The number of nitrogens with zero attached hydrogens (tertiary/aromatic N) is 3. The van der Waals surface area contributed by atoms with Crippen LogP contribution in [-0.2, 0) is 14.3 Å². The highest BCUT2D eigenvalue weighted by Gasteiger charge is 2.43. The second-order valence-electron chi connectivity index (χ2n) is 7.18. The summed E-state index contributed by atoms with van der Waals surface area (Å²) in [4.78, 5) is 23.6. The van der Waals surface area contributed by atoms with Crippen LogP contribution in [0.15, 0.2) is 18.6 Å². The molecular weight excluding hydrogens is 320 g/mol. The van der Waals surface area contributed by atoms with E-state index >= 15 is 0 Å². The molecular formula is C18H26N4O3. The second-order valence-corrected chi connectivity index (χ2v) is 7.18. The van der Waals surface area contributed by atoms with Crippen LogP contribution >= 0.6 is 0 Å². The van der Waals surface area contributed by atoms with Crippen molar-refractivity contribution in [3.8, 4) is 0 Å². The summed E-state index contributed by atoms with van der Waals surface area (Å²) in [5.74, 6) is 0.797. The maximum atomic E-state index is 12.8. The van der Waals surface area contributed by atoms with E-state index in [0.717, 1.165) is 52.0 Å². The lowest BCUT2D eigenvalue weighted by atomic mass is 9.78. The summed E-state index contributed by atoms with van der Waals surface area (Å²) < 4.78 is 11.5.